The van der Waals surface area contributed by atoms with Crippen molar-refractivity contribution in [2.75, 3.05) is 42.5 Å². The standard InChI is InChI=1S/C26H27N5O2/c1-19-7-9-22(10-8-19)31-18-21(17-25(31)32)26(33)30-15-13-29(14-16-30)24-12-11-23(27-28-24)20-5-3-2-4-6-20/h2-12,21H,13-18H2,1H3. The molecule has 0 aliphatic carbocycles. The molecule has 2 aromatic carbocycles. The second kappa shape index (κ2) is 9.02. The van der Waals surface area contributed by atoms with Gasteiger partial charge in [-0.2, -0.15) is 0 Å². The first-order valence-electron chi connectivity index (χ1n) is 11.4. The third-order valence-electron chi connectivity index (χ3n) is 6.46. The van der Waals surface area contributed by atoms with Crippen molar-refractivity contribution in [3.63, 3.8) is 0 Å². The molecule has 5 rings (SSSR count). The van der Waals surface area contributed by atoms with Crippen LogP contribution in [-0.2, 0) is 9.59 Å². The van der Waals surface area contributed by atoms with Gasteiger partial charge in [-0.15, -0.1) is 10.2 Å². The monoisotopic (exact) mass is 441 g/mol. The van der Waals surface area contributed by atoms with Crippen LogP contribution in [-0.4, -0.2) is 59.6 Å². The Morgan fingerprint density at radius 2 is 1.61 bits per heavy atom. The molecule has 1 atom stereocenters. The van der Waals surface area contributed by atoms with E-state index in [1.807, 2.05) is 78.6 Å². The van der Waals surface area contributed by atoms with Crippen LogP contribution in [0.2, 0.25) is 0 Å². The molecule has 2 saturated heterocycles. The first kappa shape index (κ1) is 21.1. The topological polar surface area (TPSA) is 69.6 Å². The van der Waals surface area contributed by atoms with Crippen LogP contribution in [0.3, 0.4) is 0 Å². The molecule has 3 heterocycles. The number of anilines is 2. The Kier molecular flexibility index (Phi) is 5.77. The smallest absolute Gasteiger partial charge is 0.228 e. The molecular weight excluding hydrogens is 414 g/mol. The van der Waals surface area contributed by atoms with E-state index in [-0.39, 0.29) is 24.2 Å². The lowest BCUT2D eigenvalue weighted by Gasteiger charge is -2.36. The Morgan fingerprint density at radius 3 is 2.27 bits per heavy atom. The van der Waals surface area contributed by atoms with Gasteiger partial charge in [0.15, 0.2) is 5.82 Å². The Labute approximate surface area is 193 Å². The highest BCUT2D eigenvalue weighted by Crippen LogP contribution is 2.27. The maximum atomic E-state index is 13.1. The van der Waals surface area contributed by atoms with E-state index >= 15 is 0 Å². The number of hydrogen-bond donors (Lipinski definition) is 0. The summed E-state index contributed by atoms with van der Waals surface area (Å²) >= 11 is 0. The fourth-order valence-electron chi connectivity index (χ4n) is 4.52. The van der Waals surface area contributed by atoms with Gasteiger partial charge in [0.1, 0.15) is 0 Å². The van der Waals surface area contributed by atoms with Crippen molar-refractivity contribution in [1.29, 1.82) is 0 Å². The average molecular weight is 442 g/mol. The van der Waals surface area contributed by atoms with E-state index < -0.39 is 0 Å². The molecule has 0 bridgehead atoms. The predicted octanol–water partition coefficient (Wildman–Crippen LogP) is 3.15. The second-order valence-corrected chi connectivity index (χ2v) is 8.70. The van der Waals surface area contributed by atoms with Crippen LogP contribution in [0.1, 0.15) is 12.0 Å². The van der Waals surface area contributed by atoms with Crippen LogP contribution in [0.15, 0.2) is 66.7 Å². The number of piperazine rings is 1. The van der Waals surface area contributed by atoms with Gasteiger partial charge in [0.2, 0.25) is 11.8 Å². The molecule has 0 N–H and O–H groups in total. The van der Waals surface area contributed by atoms with Crippen molar-refractivity contribution >= 4 is 23.3 Å². The highest BCUT2D eigenvalue weighted by atomic mass is 16.2. The van der Waals surface area contributed by atoms with Crippen LogP contribution in [0.4, 0.5) is 11.5 Å². The maximum absolute atomic E-state index is 13.1. The van der Waals surface area contributed by atoms with Gasteiger partial charge in [0.25, 0.3) is 0 Å². The number of carbonyl (C=O) groups is 2. The SMILES string of the molecule is Cc1ccc(N2CC(C(=O)N3CCN(c4ccc(-c5ccccc5)nn4)CC3)CC2=O)cc1. The van der Waals surface area contributed by atoms with E-state index in [1.54, 1.807) is 4.90 Å². The van der Waals surface area contributed by atoms with Gasteiger partial charge < -0.3 is 14.7 Å². The molecule has 7 heteroatoms. The van der Waals surface area contributed by atoms with E-state index in [2.05, 4.69) is 15.1 Å². The predicted molar refractivity (Wildman–Crippen MR) is 128 cm³/mol. The quantitative estimate of drug-likeness (QED) is 0.622. The molecule has 0 radical (unpaired) electrons. The minimum atomic E-state index is -0.282. The van der Waals surface area contributed by atoms with Gasteiger partial charge in [-0.3, -0.25) is 9.59 Å². The summed E-state index contributed by atoms with van der Waals surface area (Å²) in [5.41, 5.74) is 3.90. The van der Waals surface area contributed by atoms with Gasteiger partial charge in [-0.1, -0.05) is 48.0 Å². The van der Waals surface area contributed by atoms with Gasteiger partial charge in [0.05, 0.1) is 11.6 Å². The fraction of sp³-hybridized carbons (Fsp3) is 0.308. The summed E-state index contributed by atoms with van der Waals surface area (Å²) in [6, 6.07) is 21.8. The minimum Gasteiger partial charge on any atom is -0.352 e. The lowest BCUT2D eigenvalue weighted by Crippen LogP contribution is -2.51. The maximum Gasteiger partial charge on any atom is 0.228 e. The summed E-state index contributed by atoms with van der Waals surface area (Å²) in [5, 5.41) is 8.78. The van der Waals surface area contributed by atoms with Crippen molar-refractivity contribution < 1.29 is 9.59 Å². The highest BCUT2D eigenvalue weighted by molar-refractivity contribution is 6.00. The summed E-state index contributed by atoms with van der Waals surface area (Å²) < 4.78 is 0. The molecule has 3 aromatic rings. The molecule has 168 valence electrons. The number of rotatable bonds is 4. The molecule has 7 nitrogen and oxygen atoms in total. The number of hydrogen-bond acceptors (Lipinski definition) is 5. The first-order valence-corrected chi connectivity index (χ1v) is 11.4. The summed E-state index contributed by atoms with van der Waals surface area (Å²) in [4.78, 5) is 31.5. The third-order valence-corrected chi connectivity index (χ3v) is 6.46. The van der Waals surface area contributed by atoms with Crippen molar-refractivity contribution in [2.45, 2.75) is 13.3 Å². The van der Waals surface area contributed by atoms with Crippen LogP contribution < -0.4 is 9.80 Å². The van der Waals surface area contributed by atoms with E-state index in [9.17, 15) is 9.59 Å². The summed E-state index contributed by atoms with van der Waals surface area (Å²) in [5.74, 6) is 0.631. The van der Waals surface area contributed by atoms with Gasteiger partial charge >= 0.3 is 0 Å². The van der Waals surface area contributed by atoms with E-state index in [0.717, 1.165) is 28.3 Å². The van der Waals surface area contributed by atoms with Crippen molar-refractivity contribution in [1.82, 2.24) is 15.1 Å². The highest BCUT2D eigenvalue weighted by Gasteiger charge is 2.38. The molecule has 2 amide bonds. The van der Waals surface area contributed by atoms with Crippen molar-refractivity contribution in [3.05, 3.63) is 72.3 Å². The number of aromatic nitrogens is 2. The van der Waals surface area contributed by atoms with Gasteiger partial charge in [0, 0.05) is 50.4 Å². The zero-order valence-electron chi connectivity index (χ0n) is 18.7. The van der Waals surface area contributed by atoms with Crippen LogP contribution in [0.5, 0.6) is 0 Å². The summed E-state index contributed by atoms with van der Waals surface area (Å²) in [6.07, 6.45) is 0.277. The molecule has 2 aliphatic heterocycles. The fourth-order valence-corrected chi connectivity index (χ4v) is 4.52. The largest absolute Gasteiger partial charge is 0.352 e. The van der Waals surface area contributed by atoms with Gasteiger partial charge in [-0.05, 0) is 31.2 Å². The normalized spacial score (nSPS) is 18.6. The molecular formula is C26H27N5O2. The number of nitrogens with zero attached hydrogens (tertiary/aromatic N) is 5. The molecule has 2 aliphatic rings. The second-order valence-electron chi connectivity index (χ2n) is 8.70. The Bertz CT molecular complexity index is 1120. The van der Waals surface area contributed by atoms with Crippen molar-refractivity contribution in [3.8, 4) is 11.3 Å². The number of aryl methyl sites for hydroxylation is 1. The van der Waals surface area contributed by atoms with Crippen molar-refractivity contribution in [2.24, 2.45) is 5.92 Å². The molecule has 0 spiro atoms. The Balaban J connectivity index is 1.18. The average Bonchev–Trinajstić information content (AvgIpc) is 3.26. The lowest BCUT2D eigenvalue weighted by atomic mass is 10.1. The first-order chi connectivity index (χ1) is 16.1. The summed E-state index contributed by atoms with van der Waals surface area (Å²) in [7, 11) is 0. The van der Waals surface area contributed by atoms with Crippen LogP contribution in [0, 0.1) is 12.8 Å². The van der Waals surface area contributed by atoms with Crippen LogP contribution in [0.25, 0.3) is 11.3 Å². The lowest BCUT2D eigenvalue weighted by molar-refractivity contribution is -0.136. The number of benzene rings is 2. The molecule has 0 saturated carbocycles. The van der Waals surface area contributed by atoms with E-state index in [1.165, 1.54) is 0 Å². The van der Waals surface area contributed by atoms with Crippen LogP contribution >= 0.6 is 0 Å². The van der Waals surface area contributed by atoms with Gasteiger partial charge in [-0.25, -0.2) is 0 Å². The zero-order chi connectivity index (χ0) is 22.8. The molecule has 2 fully saturated rings. The number of amides is 2. The molecule has 1 aromatic heterocycles. The zero-order valence-corrected chi connectivity index (χ0v) is 18.7. The summed E-state index contributed by atoms with van der Waals surface area (Å²) in [6.45, 7) is 5.12. The molecule has 33 heavy (non-hydrogen) atoms. The molecule has 1 unspecified atom stereocenters. The minimum absolute atomic E-state index is 0.0182. The Hall–Kier alpha value is -3.74. The van der Waals surface area contributed by atoms with E-state index in [4.69, 9.17) is 0 Å². The van der Waals surface area contributed by atoms with E-state index in [0.29, 0.717) is 32.7 Å². The Morgan fingerprint density at radius 1 is 0.879 bits per heavy atom. The number of carbonyl (C=O) groups excluding carboxylic acids is 2. The third kappa shape index (κ3) is 4.44.